The van der Waals surface area contributed by atoms with Crippen LogP contribution < -0.4 is 0 Å². The first-order valence-electron chi connectivity index (χ1n) is 5.70. The van der Waals surface area contributed by atoms with E-state index in [0.717, 1.165) is 17.7 Å². The van der Waals surface area contributed by atoms with Crippen LogP contribution in [0.1, 0.15) is 57.7 Å². The second kappa shape index (κ2) is 4.75. The first-order chi connectivity index (χ1) is 7.01. The second-order valence-electron chi connectivity index (χ2n) is 4.41. The fourth-order valence-corrected chi connectivity index (χ4v) is 1.43. The number of aromatic nitrogens is 1. The van der Waals surface area contributed by atoms with E-state index in [0.29, 0.717) is 12.3 Å². The molecule has 2 heteroatoms. The van der Waals surface area contributed by atoms with Crippen LogP contribution in [0.25, 0.3) is 0 Å². The third kappa shape index (κ3) is 2.78. The van der Waals surface area contributed by atoms with Gasteiger partial charge in [-0.2, -0.15) is 0 Å². The Hall–Kier alpha value is -0.890. The molecule has 0 spiro atoms. The zero-order chi connectivity index (χ0) is 11.5. The van der Waals surface area contributed by atoms with E-state index in [4.69, 9.17) is 0 Å². The number of pyridine rings is 1. The van der Waals surface area contributed by atoms with Crippen molar-refractivity contribution < 1.29 is 5.11 Å². The minimum atomic E-state index is -0.749. The molecule has 1 N–H and O–H groups in total. The minimum Gasteiger partial charge on any atom is -0.385 e. The van der Waals surface area contributed by atoms with Gasteiger partial charge in [-0.25, -0.2) is 0 Å². The standard InChI is InChI=1S/C13H21NO/c1-5-10(3)12-8-7-11(9-14-12)13(4,15)6-2/h7-10,15H,5-6H2,1-4H3. The zero-order valence-electron chi connectivity index (χ0n) is 10.1. The quantitative estimate of drug-likeness (QED) is 0.822. The average Bonchev–Trinajstić information content (AvgIpc) is 2.28. The molecule has 2 nitrogen and oxygen atoms in total. The van der Waals surface area contributed by atoms with Crippen molar-refractivity contribution in [2.45, 2.75) is 52.1 Å². The van der Waals surface area contributed by atoms with Crippen molar-refractivity contribution in [3.8, 4) is 0 Å². The van der Waals surface area contributed by atoms with Gasteiger partial charge < -0.3 is 5.11 Å². The molecular weight excluding hydrogens is 186 g/mol. The Morgan fingerprint density at radius 2 is 2.07 bits per heavy atom. The van der Waals surface area contributed by atoms with Crippen LogP contribution >= 0.6 is 0 Å². The van der Waals surface area contributed by atoms with E-state index in [1.54, 1.807) is 6.20 Å². The molecule has 2 unspecified atom stereocenters. The summed E-state index contributed by atoms with van der Waals surface area (Å²) in [6, 6.07) is 4.01. The highest BCUT2D eigenvalue weighted by atomic mass is 16.3. The molecule has 0 fully saturated rings. The van der Waals surface area contributed by atoms with Crippen molar-refractivity contribution in [3.05, 3.63) is 29.6 Å². The molecule has 0 aliphatic rings. The smallest absolute Gasteiger partial charge is 0.0880 e. The lowest BCUT2D eigenvalue weighted by Crippen LogP contribution is -2.19. The van der Waals surface area contributed by atoms with Gasteiger partial charge in [0.25, 0.3) is 0 Å². The molecule has 2 atom stereocenters. The van der Waals surface area contributed by atoms with Gasteiger partial charge in [0.05, 0.1) is 5.60 Å². The van der Waals surface area contributed by atoms with Crippen molar-refractivity contribution >= 4 is 0 Å². The Labute approximate surface area is 92.4 Å². The fourth-order valence-electron chi connectivity index (χ4n) is 1.43. The number of nitrogens with zero attached hydrogens (tertiary/aromatic N) is 1. The third-order valence-corrected chi connectivity index (χ3v) is 3.21. The predicted molar refractivity (Wildman–Crippen MR) is 62.8 cm³/mol. The molecule has 1 heterocycles. The van der Waals surface area contributed by atoms with Gasteiger partial charge in [0, 0.05) is 17.5 Å². The SMILES string of the molecule is CCC(C)c1ccc(C(C)(O)CC)cn1. The maximum Gasteiger partial charge on any atom is 0.0880 e. The van der Waals surface area contributed by atoms with Crippen LogP contribution in [0.2, 0.25) is 0 Å². The summed E-state index contributed by atoms with van der Waals surface area (Å²) >= 11 is 0. The van der Waals surface area contributed by atoms with E-state index in [9.17, 15) is 5.11 Å². The molecule has 0 amide bonds. The van der Waals surface area contributed by atoms with Gasteiger partial charge >= 0.3 is 0 Å². The Kier molecular flexibility index (Phi) is 3.86. The summed E-state index contributed by atoms with van der Waals surface area (Å²) in [5, 5.41) is 10.0. The average molecular weight is 207 g/mol. The molecule has 0 saturated carbocycles. The van der Waals surface area contributed by atoms with Gasteiger partial charge in [-0.3, -0.25) is 4.98 Å². The maximum atomic E-state index is 10.0. The highest BCUT2D eigenvalue weighted by Crippen LogP contribution is 2.24. The van der Waals surface area contributed by atoms with E-state index in [-0.39, 0.29) is 0 Å². The van der Waals surface area contributed by atoms with Crippen molar-refractivity contribution in [2.75, 3.05) is 0 Å². The molecule has 1 aromatic rings. The van der Waals surface area contributed by atoms with Crippen LogP contribution in [0.15, 0.2) is 18.3 Å². The number of hydrogen-bond donors (Lipinski definition) is 1. The summed E-state index contributed by atoms with van der Waals surface area (Å²) in [6.07, 6.45) is 3.60. The first kappa shape index (κ1) is 12.2. The molecule has 15 heavy (non-hydrogen) atoms. The number of rotatable bonds is 4. The topological polar surface area (TPSA) is 33.1 Å². The van der Waals surface area contributed by atoms with Crippen LogP contribution in [-0.2, 0) is 5.60 Å². The van der Waals surface area contributed by atoms with Gasteiger partial charge in [-0.05, 0) is 31.7 Å². The van der Waals surface area contributed by atoms with Crippen molar-refractivity contribution in [1.82, 2.24) is 4.98 Å². The predicted octanol–water partition coefficient (Wildman–Crippen LogP) is 3.21. The highest BCUT2D eigenvalue weighted by molar-refractivity contribution is 5.21. The molecule has 0 aromatic carbocycles. The van der Waals surface area contributed by atoms with Crippen molar-refractivity contribution in [2.24, 2.45) is 0 Å². The molecule has 84 valence electrons. The Bertz CT molecular complexity index is 303. The van der Waals surface area contributed by atoms with Gasteiger partial charge in [0.1, 0.15) is 0 Å². The lowest BCUT2D eigenvalue weighted by Gasteiger charge is -2.21. The largest absolute Gasteiger partial charge is 0.385 e. The Morgan fingerprint density at radius 3 is 2.47 bits per heavy atom. The molecule has 1 rings (SSSR count). The van der Waals surface area contributed by atoms with Gasteiger partial charge in [-0.1, -0.05) is 26.8 Å². The molecule has 0 saturated heterocycles. The summed E-state index contributed by atoms with van der Waals surface area (Å²) in [5.41, 5.74) is 1.26. The molecule has 0 aliphatic heterocycles. The van der Waals surface area contributed by atoms with Crippen LogP contribution in [0.5, 0.6) is 0 Å². The van der Waals surface area contributed by atoms with E-state index in [1.807, 2.05) is 26.0 Å². The van der Waals surface area contributed by atoms with Crippen molar-refractivity contribution in [1.29, 1.82) is 0 Å². The van der Waals surface area contributed by atoms with E-state index in [2.05, 4.69) is 18.8 Å². The number of hydrogen-bond acceptors (Lipinski definition) is 2. The summed E-state index contributed by atoms with van der Waals surface area (Å²) < 4.78 is 0. The van der Waals surface area contributed by atoms with Crippen LogP contribution in [-0.4, -0.2) is 10.1 Å². The monoisotopic (exact) mass is 207 g/mol. The number of aliphatic hydroxyl groups is 1. The highest BCUT2D eigenvalue weighted by Gasteiger charge is 2.20. The molecule has 1 aromatic heterocycles. The van der Waals surface area contributed by atoms with E-state index >= 15 is 0 Å². The Morgan fingerprint density at radius 1 is 1.40 bits per heavy atom. The lowest BCUT2D eigenvalue weighted by molar-refractivity contribution is 0.0527. The van der Waals surface area contributed by atoms with E-state index in [1.165, 1.54) is 0 Å². The molecule has 0 radical (unpaired) electrons. The summed E-state index contributed by atoms with van der Waals surface area (Å²) in [7, 11) is 0. The van der Waals surface area contributed by atoms with Gasteiger partial charge in [0.2, 0.25) is 0 Å². The zero-order valence-corrected chi connectivity index (χ0v) is 10.1. The van der Waals surface area contributed by atoms with Crippen molar-refractivity contribution in [3.63, 3.8) is 0 Å². The van der Waals surface area contributed by atoms with Crippen LogP contribution in [0.4, 0.5) is 0 Å². The van der Waals surface area contributed by atoms with Gasteiger partial charge in [0.15, 0.2) is 0 Å². The molecular formula is C13H21NO. The summed E-state index contributed by atoms with van der Waals surface area (Å²) in [4.78, 5) is 4.40. The van der Waals surface area contributed by atoms with Crippen LogP contribution in [0, 0.1) is 0 Å². The van der Waals surface area contributed by atoms with Gasteiger partial charge in [-0.15, -0.1) is 0 Å². The summed E-state index contributed by atoms with van der Waals surface area (Å²) in [5.74, 6) is 0.491. The maximum absolute atomic E-state index is 10.0. The summed E-state index contributed by atoms with van der Waals surface area (Å²) in [6.45, 7) is 8.12. The molecule has 0 aliphatic carbocycles. The fraction of sp³-hybridized carbons (Fsp3) is 0.615. The van der Waals surface area contributed by atoms with E-state index < -0.39 is 5.60 Å². The van der Waals surface area contributed by atoms with Crippen LogP contribution in [0.3, 0.4) is 0 Å². The minimum absolute atomic E-state index is 0.491. The Balaban J connectivity index is 2.90. The molecule has 0 bridgehead atoms. The lowest BCUT2D eigenvalue weighted by atomic mass is 9.94. The third-order valence-electron chi connectivity index (χ3n) is 3.21. The second-order valence-corrected chi connectivity index (χ2v) is 4.41. The first-order valence-corrected chi connectivity index (χ1v) is 5.70. The normalized spacial score (nSPS) is 17.1.